The molecule has 0 saturated carbocycles. The molecule has 0 radical (unpaired) electrons. The fraction of sp³-hybridized carbons (Fsp3) is 0.900. The van der Waals surface area contributed by atoms with Crippen molar-refractivity contribution in [3.63, 3.8) is 0 Å². The number of nitrogens with one attached hydrogen (secondary N) is 2. The Kier molecular flexibility index (Phi) is 4.90. The summed E-state index contributed by atoms with van der Waals surface area (Å²) >= 11 is 0. The third-order valence-corrected chi connectivity index (χ3v) is 2.28. The maximum absolute atomic E-state index is 11.3. The van der Waals surface area contributed by atoms with Crippen LogP contribution in [0.1, 0.15) is 20.3 Å². The van der Waals surface area contributed by atoms with E-state index in [4.69, 9.17) is 4.74 Å². The Morgan fingerprint density at radius 1 is 1.57 bits per heavy atom. The molecule has 1 unspecified atom stereocenters. The van der Waals surface area contributed by atoms with E-state index in [0.29, 0.717) is 18.5 Å². The van der Waals surface area contributed by atoms with Gasteiger partial charge in [-0.3, -0.25) is 4.79 Å². The predicted molar refractivity (Wildman–Crippen MR) is 55.1 cm³/mol. The molecule has 0 bridgehead atoms. The van der Waals surface area contributed by atoms with Crippen LogP contribution in [0.3, 0.4) is 0 Å². The topological polar surface area (TPSA) is 50.4 Å². The molecule has 2 N–H and O–H groups in total. The summed E-state index contributed by atoms with van der Waals surface area (Å²) in [4.78, 5) is 11.3. The summed E-state index contributed by atoms with van der Waals surface area (Å²) < 4.78 is 5.22. The smallest absolute Gasteiger partial charge is 0.233 e. The number of hydrogen-bond acceptors (Lipinski definition) is 3. The first-order chi connectivity index (χ1) is 6.68. The van der Waals surface area contributed by atoms with Crippen LogP contribution in [0.2, 0.25) is 0 Å². The lowest BCUT2D eigenvalue weighted by atomic mass is 10.1. The number of ether oxygens (including phenoxy) is 1. The zero-order valence-corrected chi connectivity index (χ0v) is 9.01. The third-order valence-electron chi connectivity index (χ3n) is 2.28. The number of amides is 1. The minimum absolute atomic E-state index is 0.0746. The highest BCUT2D eigenvalue weighted by Gasteiger charge is 2.15. The quantitative estimate of drug-likeness (QED) is 0.663. The molecular formula is C10H20N2O2. The van der Waals surface area contributed by atoms with Crippen LogP contribution in [0, 0.1) is 5.92 Å². The van der Waals surface area contributed by atoms with Gasteiger partial charge in [0.2, 0.25) is 5.91 Å². The lowest BCUT2D eigenvalue weighted by Gasteiger charge is -2.11. The van der Waals surface area contributed by atoms with E-state index in [9.17, 15) is 4.79 Å². The van der Waals surface area contributed by atoms with Crippen LogP contribution in [0.4, 0.5) is 0 Å². The fourth-order valence-corrected chi connectivity index (χ4v) is 1.36. The molecule has 1 amide bonds. The Bertz CT molecular complexity index is 177. The van der Waals surface area contributed by atoms with E-state index < -0.39 is 0 Å². The Morgan fingerprint density at radius 2 is 2.36 bits per heavy atom. The van der Waals surface area contributed by atoms with Gasteiger partial charge >= 0.3 is 0 Å². The minimum atomic E-state index is 0.0746. The van der Waals surface area contributed by atoms with Crippen molar-refractivity contribution < 1.29 is 9.53 Å². The molecule has 82 valence electrons. The van der Waals surface area contributed by atoms with E-state index >= 15 is 0 Å². The van der Waals surface area contributed by atoms with Gasteiger partial charge in [0, 0.05) is 25.1 Å². The molecule has 0 aromatic rings. The normalized spacial score (nSPS) is 21.5. The van der Waals surface area contributed by atoms with E-state index in [1.807, 2.05) is 13.8 Å². The molecule has 4 heteroatoms. The van der Waals surface area contributed by atoms with Gasteiger partial charge in [-0.25, -0.2) is 0 Å². The second-order valence-electron chi connectivity index (χ2n) is 4.07. The summed E-state index contributed by atoms with van der Waals surface area (Å²) in [6.45, 7) is 6.84. The first-order valence-corrected chi connectivity index (χ1v) is 5.26. The molecule has 0 aromatic heterocycles. The van der Waals surface area contributed by atoms with Crippen molar-refractivity contribution >= 4 is 5.91 Å². The van der Waals surface area contributed by atoms with Crippen LogP contribution >= 0.6 is 0 Å². The van der Waals surface area contributed by atoms with Crippen molar-refractivity contribution in [2.45, 2.75) is 26.3 Å². The summed E-state index contributed by atoms with van der Waals surface area (Å²) in [5.74, 6) is 0.587. The number of hydrogen-bond donors (Lipinski definition) is 2. The second kappa shape index (κ2) is 5.98. The van der Waals surface area contributed by atoms with Crippen LogP contribution in [0.15, 0.2) is 0 Å². The van der Waals surface area contributed by atoms with Gasteiger partial charge in [0.1, 0.15) is 0 Å². The zero-order valence-electron chi connectivity index (χ0n) is 9.01. The van der Waals surface area contributed by atoms with Gasteiger partial charge < -0.3 is 15.4 Å². The van der Waals surface area contributed by atoms with Crippen LogP contribution in [0.5, 0.6) is 0 Å². The number of rotatable bonds is 5. The number of carbonyl (C=O) groups excluding carboxylic acids is 1. The molecule has 1 aliphatic rings. The van der Waals surface area contributed by atoms with E-state index in [2.05, 4.69) is 10.6 Å². The molecule has 4 nitrogen and oxygen atoms in total. The van der Waals surface area contributed by atoms with Gasteiger partial charge in [-0.05, 0) is 6.42 Å². The van der Waals surface area contributed by atoms with Crippen molar-refractivity contribution in [3.05, 3.63) is 0 Å². The minimum Gasteiger partial charge on any atom is -0.381 e. The second-order valence-corrected chi connectivity index (χ2v) is 4.07. The molecule has 14 heavy (non-hydrogen) atoms. The summed E-state index contributed by atoms with van der Waals surface area (Å²) in [5.41, 5.74) is 0. The molecule has 1 aliphatic heterocycles. The van der Waals surface area contributed by atoms with Gasteiger partial charge in [0.15, 0.2) is 0 Å². The first kappa shape index (κ1) is 11.5. The highest BCUT2D eigenvalue weighted by atomic mass is 16.5. The van der Waals surface area contributed by atoms with Crippen molar-refractivity contribution in [3.8, 4) is 0 Å². The predicted octanol–water partition coefficient (Wildman–Crippen LogP) is 0.137. The molecule has 0 aromatic carbocycles. The Morgan fingerprint density at radius 3 is 2.93 bits per heavy atom. The van der Waals surface area contributed by atoms with E-state index in [-0.39, 0.29) is 5.91 Å². The van der Waals surface area contributed by atoms with Gasteiger partial charge in [-0.1, -0.05) is 13.8 Å². The van der Waals surface area contributed by atoms with Gasteiger partial charge in [0.05, 0.1) is 13.2 Å². The van der Waals surface area contributed by atoms with Crippen molar-refractivity contribution in [2.24, 2.45) is 5.92 Å². The van der Waals surface area contributed by atoms with Crippen LogP contribution in [-0.4, -0.2) is 38.3 Å². The lowest BCUT2D eigenvalue weighted by Crippen LogP contribution is -2.38. The standard InChI is InChI=1S/C10H20N2O2/c1-8(2)11-6-10(13)12-5-9-3-4-14-7-9/h8-9,11H,3-7H2,1-2H3,(H,12,13). The van der Waals surface area contributed by atoms with Crippen molar-refractivity contribution in [2.75, 3.05) is 26.3 Å². The van der Waals surface area contributed by atoms with E-state index in [1.165, 1.54) is 0 Å². The van der Waals surface area contributed by atoms with Gasteiger partial charge in [-0.15, -0.1) is 0 Å². The SMILES string of the molecule is CC(C)NCC(=O)NCC1CCOC1. The average molecular weight is 200 g/mol. The van der Waals surface area contributed by atoms with E-state index in [1.54, 1.807) is 0 Å². The highest BCUT2D eigenvalue weighted by Crippen LogP contribution is 2.10. The highest BCUT2D eigenvalue weighted by molar-refractivity contribution is 5.77. The maximum Gasteiger partial charge on any atom is 0.233 e. The molecule has 1 rings (SSSR count). The Hall–Kier alpha value is -0.610. The Labute approximate surface area is 85.4 Å². The van der Waals surface area contributed by atoms with Crippen LogP contribution in [-0.2, 0) is 9.53 Å². The van der Waals surface area contributed by atoms with Gasteiger partial charge in [0.25, 0.3) is 0 Å². The molecule has 1 fully saturated rings. The van der Waals surface area contributed by atoms with Crippen molar-refractivity contribution in [1.82, 2.24) is 10.6 Å². The summed E-state index contributed by atoms with van der Waals surface area (Å²) in [6.07, 6.45) is 1.07. The summed E-state index contributed by atoms with van der Waals surface area (Å²) in [7, 11) is 0. The summed E-state index contributed by atoms with van der Waals surface area (Å²) in [6, 6.07) is 0.357. The van der Waals surface area contributed by atoms with Crippen LogP contribution in [0.25, 0.3) is 0 Å². The Balaban J connectivity index is 2.02. The zero-order chi connectivity index (χ0) is 10.4. The maximum atomic E-state index is 11.3. The molecular weight excluding hydrogens is 180 g/mol. The lowest BCUT2D eigenvalue weighted by molar-refractivity contribution is -0.120. The monoisotopic (exact) mass is 200 g/mol. The van der Waals surface area contributed by atoms with E-state index in [0.717, 1.165) is 26.2 Å². The summed E-state index contributed by atoms with van der Waals surface area (Å²) in [5, 5.41) is 5.98. The van der Waals surface area contributed by atoms with Gasteiger partial charge in [-0.2, -0.15) is 0 Å². The molecule has 1 heterocycles. The molecule has 0 aliphatic carbocycles. The number of carbonyl (C=O) groups is 1. The first-order valence-electron chi connectivity index (χ1n) is 5.26. The largest absolute Gasteiger partial charge is 0.381 e. The third kappa shape index (κ3) is 4.58. The average Bonchev–Trinajstić information content (AvgIpc) is 2.63. The molecule has 1 saturated heterocycles. The fourth-order valence-electron chi connectivity index (χ4n) is 1.36. The van der Waals surface area contributed by atoms with Crippen LogP contribution < -0.4 is 10.6 Å². The van der Waals surface area contributed by atoms with Crippen molar-refractivity contribution in [1.29, 1.82) is 0 Å². The molecule has 1 atom stereocenters. The molecule has 0 spiro atoms.